The van der Waals surface area contributed by atoms with E-state index in [1.165, 1.54) is 18.2 Å². The molecule has 0 fully saturated rings. The van der Waals surface area contributed by atoms with E-state index in [0.29, 0.717) is 0 Å². The molecule has 4 nitrogen and oxygen atoms in total. The number of aromatic amines is 1. The van der Waals surface area contributed by atoms with E-state index in [0.717, 1.165) is 39.2 Å². The second-order valence-corrected chi connectivity index (χ2v) is 6.10. The molecule has 0 saturated carbocycles. The van der Waals surface area contributed by atoms with Crippen molar-refractivity contribution in [3.8, 4) is 16.9 Å². The third-order valence-electron chi connectivity index (χ3n) is 4.31. The van der Waals surface area contributed by atoms with E-state index >= 15 is 0 Å². The van der Waals surface area contributed by atoms with E-state index in [9.17, 15) is 9.18 Å². The number of aromatic nitrogens is 3. The second-order valence-electron chi connectivity index (χ2n) is 6.10. The molecule has 0 amide bonds. The zero-order valence-corrected chi connectivity index (χ0v) is 13.9. The number of rotatable bonds is 2. The average molecular weight is 333 g/mol. The third kappa shape index (κ3) is 2.74. The molecule has 0 aliphatic rings. The van der Waals surface area contributed by atoms with Crippen LogP contribution in [0.2, 0.25) is 0 Å². The molecule has 0 atom stereocenters. The maximum atomic E-state index is 13.1. The van der Waals surface area contributed by atoms with Crippen molar-refractivity contribution in [1.82, 2.24) is 14.5 Å². The molecule has 0 saturated heterocycles. The maximum Gasteiger partial charge on any atom is 0.248 e. The van der Waals surface area contributed by atoms with Crippen LogP contribution in [0, 0.1) is 19.7 Å². The van der Waals surface area contributed by atoms with Gasteiger partial charge in [-0.3, -0.25) is 4.79 Å². The smallest absolute Gasteiger partial charge is 0.248 e. The quantitative estimate of drug-likeness (QED) is 0.599. The van der Waals surface area contributed by atoms with Gasteiger partial charge in [-0.05, 0) is 61.9 Å². The van der Waals surface area contributed by atoms with Gasteiger partial charge in [0.05, 0.1) is 11.2 Å². The Kier molecular flexibility index (Phi) is 3.50. The van der Waals surface area contributed by atoms with Gasteiger partial charge in [0.2, 0.25) is 5.56 Å². The Labute approximate surface area is 143 Å². The van der Waals surface area contributed by atoms with Crippen LogP contribution < -0.4 is 5.56 Å². The molecule has 0 aliphatic heterocycles. The lowest BCUT2D eigenvalue weighted by Gasteiger charge is -2.09. The first-order valence-electron chi connectivity index (χ1n) is 7.97. The number of imidazole rings is 1. The molecule has 4 aromatic rings. The zero-order valence-electron chi connectivity index (χ0n) is 13.9. The van der Waals surface area contributed by atoms with E-state index in [-0.39, 0.29) is 11.4 Å². The molecule has 2 heterocycles. The molecule has 4 rings (SSSR count). The largest absolute Gasteiger partial charge is 0.322 e. The van der Waals surface area contributed by atoms with Gasteiger partial charge in [0.1, 0.15) is 11.6 Å². The minimum atomic E-state index is -0.265. The van der Waals surface area contributed by atoms with Crippen molar-refractivity contribution in [3.05, 3.63) is 82.3 Å². The Morgan fingerprint density at radius 3 is 2.56 bits per heavy atom. The lowest BCUT2D eigenvalue weighted by atomic mass is 10.1. The molecule has 0 radical (unpaired) electrons. The molecule has 25 heavy (non-hydrogen) atoms. The molecule has 5 heteroatoms. The summed E-state index contributed by atoms with van der Waals surface area (Å²) in [6, 6.07) is 13.7. The standard InChI is InChI=1S/C20H16FN3O/c1-12-9-17(10-15-5-8-19(25)23-20(12)15)24-11-18(22-13(24)2)14-3-6-16(21)7-4-14/h3-11H,1-2H3,(H,23,25). The number of halogens is 1. The first-order valence-corrected chi connectivity index (χ1v) is 7.97. The number of nitrogens with zero attached hydrogens (tertiary/aromatic N) is 2. The summed E-state index contributed by atoms with van der Waals surface area (Å²) in [6.07, 6.45) is 1.94. The number of H-pyrrole nitrogens is 1. The van der Waals surface area contributed by atoms with Gasteiger partial charge in [0.15, 0.2) is 0 Å². The number of fused-ring (bicyclic) bond motifs is 1. The van der Waals surface area contributed by atoms with Crippen molar-refractivity contribution in [3.63, 3.8) is 0 Å². The van der Waals surface area contributed by atoms with Crippen LogP contribution in [-0.4, -0.2) is 14.5 Å². The Morgan fingerprint density at radius 2 is 1.80 bits per heavy atom. The van der Waals surface area contributed by atoms with Crippen LogP contribution in [0.15, 0.2) is 59.5 Å². The van der Waals surface area contributed by atoms with Crippen molar-refractivity contribution in [2.24, 2.45) is 0 Å². The SMILES string of the molecule is Cc1cc(-n2cc(-c3ccc(F)cc3)nc2C)cc2ccc(=O)[nH]c12. The third-order valence-corrected chi connectivity index (χ3v) is 4.31. The highest BCUT2D eigenvalue weighted by atomic mass is 19.1. The van der Waals surface area contributed by atoms with Crippen molar-refractivity contribution in [2.75, 3.05) is 0 Å². The molecule has 0 spiro atoms. The van der Waals surface area contributed by atoms with Gasteiger partial charge >= 0.3 is 0 Å². The summed E-state index contributed by atoms with van der Waals surface area (Å²) in [5.74, 6) is 0.571. The Bertz CT molecular complexity index is 1140. The summed E-state index contributed by atoms with van der Waals surface area (Å²) in [4.78, 5) is 19.0. The van der Waals surface area contributed by atoms with Gasteiger partial charge < -0.3 is 9.55 Å². The van der Waals surface area contributed by atoms with E-state index in [4.69, 9.17) is 0 Å². The lowest BCUT2D eigenvalue weighted by Crippen LogP contribution is -2.04. The Balaban J connectivity index is 1.85. The van der Waals surface area contributed by atoms with Crippen molar-refractivity contribution in [2.45, 2.75) is 13.8 Å². The number of hydrogen-bond acceptors (Lipinski definition) is 2. The number of nitrogens with one attached hydrogen (secondary N) is 1. The minimum Gasteiger partial charge on any atom is -0.322 e. The zero-order chi connectivity index (χ0) is 17.6. The van der Waals surface area contributed by atoms with Crippen LogP contribution in [0.3, 0.4) is 0 Å². The van der Waals surface area contributed by atoms with Crippen LogP contribution >= 0.6 is 0 Å². The number of hydrogen-bond donors (Lipinski definition) is 1. The number of aryl methyl sites for hydroxylation is 2. The van der Waals surface area contributed by atoms with Crippen LogP contribution in [0.1, 0.15) is 11.4 Å². The molecular weight excluding hydrogens is 317 g/mol. The van der Waals surface area contributed by atoms with Gasteiger partial charge in [-0.15, -0.1) is 0 Å². The van der Waals surface area contributed by atoms with E-state index < -0.39 is 0 Å². The predicted octanol–water partition coefficient (Wildman–Crippen LogP) is 4.14. The molecule has 124 valence electrons. The molecule has 2 aromatic heterocycles. The summed E-state index contributed by atoms with van der Waals surface area (Å²) >= 11 is 0. The summed E-state index contributed by atoms with van der Waals surface area (Å²) in [7, 11) is 0. The first-order chi connectivity index (χ1) is 12.0. The van der Waals surface area contributed by atoms with Crippen LogP contribution in [-0.2, 0) is 0 Å². The fraction of sp³-hybridized carbons (Fsp3) is 0.100. The van der Waals surface area contributed by atoms with Crippen molar-refractivity contribution in [1.29, 1.82) is 0 Å². The molecular formula is C20H16FN3O. The highest BCUT2D eigenvalue weighted by molar-refractivity contribution is 5.84. The first kappa shape index (κ1) is 15.3. The normalized spacial score (nSPS) is 11.2. The van der Waals surface area contributed by atoms with Crippen LogP contribution in [0.5, 0.6) is 0 Å². The second kappa shape index (κ2) is 5.70. The van der Waals surface area contributed by atoms with E-state index in [1.807, 2.05) is 42.8 Å². The molecule has 0 unspecified atom stereocenters. The van der Waals surface area contributed by atoms with Gasteiger partial charge in [0, 0.05) is 28.9 Å². The number of pyridine rings is 1. The summed E-state index contributed by atoms with van der Waals surface area (Å²) < 4.78 is 15.1. The monoisotopic (exact) mass is 333 g/mol. The Hall–Kier alpha value is -3.21. The molecule has 0 aliphatic carbocycles. The summed E-state index contributed by atoms with van der Waals surface area (Å²) in [6.45, 7) is 3.90. The van der Waals surface area contributed by atoms with Gasteiger partial charge in [0.25, 0.3) is 0 Å². The summed E-state index contributed by atoms with van der Waals surface area (Å²) in [5.41, 5.74) is 4.34. The molecule has 0 bridgehead atoms. The highest BCUT2D eigenvalue weighted by Crippen LogP contribution is 2.25. The van der Waals surface area contributed by atoms with E-state index in [2.05, 4.69) is 9.97 Å². The van der Waals surface area contributed by atoms with Gasteiger partial charge in [-0.2, -0.15) is 0 Å². The van der Waals surface area contributed by atoms with Gasteiger partial charge in [-0.25, -0.2) is 9.37 Å². The Morgan fingerprint density at radius 1 is 1.04 bits per heavy atom. The number of benzene rings is 2. The molecule has 2 aromatic carbocycles. The fourth-order valence-corrected chi connectivity index (χ4v) is 3.06. The molecule has 1 N–H and O–H groups in total. The fourth-order valence-electron chi connectivity index (χ4n) is 3.06. The van der Waals surface area contributed by atoms with Crippen LogP contribution in [0.25, 0.3) is 27.8 Å². The van der Waals surface area contributed by atoms with E-state index in [1.54, 1.807) is 12.1 Å². The minimum absolute atomic E-state index is 0.110. The maximum absolute atomic E-state index is 13.1. The van der Waals surface area contributed by atoms with Crippen molar-refractivity contribution >= 4 is 10.9 Å². The average Bonchev–Trinajstić information content (AvgIpc) is 2.98. The lowest BCUT2D eigenvalue weighted by molar-refractivity contribution is 0.628. The topological polar surface area (TPSA) is 50.7 Å². The van der Waals surface area contributed by atoms with Gasteiger partial charge in [-0.1, -0.05) is 0 Å². The summed E-state index contributed by atoms with van der Waals surface area (Å²) in [5, 5.41) is 0.964. The van der Waals surface area contributed by atoms with Crippen molar-refractivity contribution < 1.29 is 4.39 Å². The highest BCUT2D eigenvalue weighted by Gasteiger charge is 2.10. The predicted molar refractivity (Wildman–Crippen MR) is 96.6 cm³/mol. The van der Waals surface area contributed by atoms with Crippen LogP contribution in [0.4, 0.5) is 4.39 Å².